The molecule has 18 heavy (non-hydrogen) atoms. The average molecular weight is 269 g/mol. The molecule has 2 nitrogen and oxygen atoms in total. The lowest BCUT2D eigenvalue weighted by atomic mass is 10.0. The Morgan fingerprint density at radius 1 is 1.44 bits per heavy atom. The minimum Gasteiger partial charge on any atom is -0.314 e. The van der Waals surface area contributed by atoms with Crippen LogP contribution in [0.4, 0.5) is 4.39 Å². The van der Waals surface area contributed by atoms with Gasteiger partial charge in [0, 0.05) is 32.2 Å². The van der Waals surface area contributed by atoms with E-state index < -0.39 is 0 Å². The van der Waals surface area contributed by atoms with E-state index >= 15 is 0 Å². The van der Waals surface area contributed by atoms with Crippen LogP contribution in [0.5, 0.6) is 0 Å². The first-order valence-electron chi connectivity index (χ1n) is 6.23. The van der Waals surface area contributed by atoms with Crippen LogP contribution < -0.4 is 5.32 Å². The first-order valence-corrected chi connectivity index (χ1v) is 6.61. The molecule has 1 aliphatic rings. The van der Waals surface area contributed by atoms with E-state index in [1.165, 1.54) is 0 Å². The quantitative estimate of drug-likeness (QED) is 0.845. The fraction of sp³-hybridized carbons (Fsp3) is 0.429. The van der Waals surface area contributed by atoms with Crippen molar-refractivity contribution < 1.29 is 4.39 Å². The highest BCUT2D eigenvalue weighted by Gasteiger charge is 2.21. The van der Waals surface area contributed by atoms with Crippen LogP contribution in [0.15, 0.2) is 30.9 Å². The Labute approximate surface area is 112 Å². The zero-order valence-electron chi connectivity index (χ0n) is 10.3. The van der Waals surface area contributed by atoms with Gasteiger partial charge in [0.15, 0.2) is 0 Å². The minimum atomic E-state index is -0.349. The lowest BCUT2D eigenvalue weighted by Gasteiger charge is -2.34. The van der Waals surface area contributed by atoms with Gasteiger partial charge in [0.2, 0.25) is 0 Å². The van der Waals surface area contributed by atoms with Gasteiger partial charge in [-0.3, -0.25) is 4.90 Å². The van der Waals surface area contributed by atoms with Crippen molar-refractivity contribution in [2.45, 2.75) is 12.5 Å². The molecule has 1 aromatic rings. The Hall–Kier alpha value is -0.900. The molecule has 0 aliphatic carbocycles. The minimum absolute atomic E-state index is 0.177. The van der Waals surface area contributed by atoms with Crippen molar-refractivity contribution >= 4 is 11.6 Å². The standard InChI is InChI=1S/C14H18ClFN2/c1-2-3-14(18-8-6-17-7-9-18)11-4-5-12(15)13(16)10-11/h2,4-5,10,14,17H,1,3,6-9H2/t14-/m0/s1. The molecule has 0 saturated carbocycles. The first-order chi connectivity index (χ1) is 8.72. The summed E-state index contributed by atoms with van der Waals surface area (Å²) < 4.78 is 13.6. The molecule has 0 amide bonds. The molecule has 1 N–H and O–H groups in total. The number of rotatable bonds is 4. The van der Waals surface area contributed by atoms with E-state index in [9.17, 15) is 4.39 Å². The third kappa shape index (κ3) is 3.10. The highest BCUT2D eigenvalue weighted by Crippen LogP contribution is 2.27. The highest BCUT2D eigenvalue weighted by molar-refractivity contribution is 6.30. The maximum atomic E-state index is 13.6. The van der Waals surface area contributed by atoms with Gasteiger partial charge in [-0.05, 0) is 24.1 Å². The monoisotopic (exact) mass is 268 g/mol. The van der Waals surface area contributed by atoms with Gasteiger partial charge < -0.3 is 5.32 Å². The molecular weight excluding hydrogens is 251 g/mol. The van der Waals surface area contributed by atoms with Gasteiger partial charge in [0.05, 0.1) is 5.02 Å². The molecule has 0 unspecified atom stereocenters. The molecule has 0 radical (unpaired) electrons. The van der Waals surface area contributed by atoms with E-state index in [4.69, 9.17) is 11.6 Å². The van der Waals surface area contributed by atoms with Gasteiger partial charge in [0.1, 0.15) is 5.82 Å². The van der Waals surface area contributed by atoms with E-state index in [2.05, 4.69) is 16.8 Å². The summed E-state index contributed by atoms with van der Waals surface area (Å²) in [5.74, 6) is -0.349. The van der Waals surface area contributed by atoms with Gasteiger partial charge in [-0.1, -0.05) is 23.7 Å². The second-order valence-electron chi connectivity index (χ2n) is 4.50. The first kappa shape index (κ1) is 13.5. The Kier molecular flexibility index (Phi) is 4.75. The van der Waals surface area contributed by atoms with Crippen LogP contribution in [-0.4, -0.2) is 31.1 Å². The Morgan fingerprint density at radius 2 is 2.17 bits per heavy atom. The Balaban J connectivity index is 2.22. The zero-order chi connectivity index (χ0) is 13.0. The van der Waals surface area contributed by atoms with Gasteiger partial charge in [-0.15, -0.1) is 6.58 Å². The summed E-state index contributed by atoms with van der Waals surface area (Å²) in [6.45, 7) is 7.70. The van der Waals surface area contributed by atoms with Gasteiger partial charge in [0.25, 0.3) is 0 Å². The third-order valence-electron chi connectivity index (χ3n) is 3.31. The second kappa shape index (κ2) is 6.32. The van der Waals surface area contributed by atoms with Crippen molar-refractivity contribution in [2.24, 2.45) is 0 Å². The van der Waals surface area contributed by atoms with Crippen LogP contribution in [0.3, 0.4) is 0 Å². The summed E-state index contributed by atoms with van der Waals surface area (Å²) in [5, 5.41) is 3.50. The van der Waals surface area contributed by atoms with Crippen molar-refractivity contribution in [3.63, 3.8) is 0 Å². The molecule has 98 valence electrons. The lowest BCUT2D eigenvalue weighted by molar-refractivity contribution is 0.174. The topological polar surface area (TPSA) is 15.3 Å². The number of hydrogen-bond acceptors (Lipinski definition) is 2. The third-order valence-corrected chi connectivity index (χ3v) is 3.62. The number of hydrogen-bond donors (Lipinski definition) is 1. The Bertz CT molecular complexity index is 416. The van der Waals surface area contributed by atoms with Gasteiger partial charge in [-0.2, -0.15) is 0 Å². The van der Waals surface area contributed by atoms with Crippen LogP contribution in [0.2, 0.25) is 5.02 Å². The highest BCUT2D eigenvalue weighted by atomic mass is 35.5. The van der Waals surface area contributed by atoms with E-state index in [0.29, 0.717) is 0 Å². The van der Waals surface area contributed by atoms with Crippen molar-refractivity contribution in [2.75, 3.05) is 26.2 Å². The average Bonchev–Trinajstić information content (AvgIpc) is 2.40. The van der Waals surface area contributed by atoms with Gasteiger partial charge in [-0.25, -0.2) is 4.39 Å². The largest absolute Gasteiger partial charge is 0.314 e. The van der Waals surface area contributed by atoms with Crippen molar-refractivity contribution in [3.8, 4) is 0 Å². The number of nitrogens with one attached hydrogen (secondary N) is 1. The summed E-state index contributed by atoms with van der Waals surface area (Å²) >= 11 is 5.73. The van der Waals surface area contributed by atoms with Crippen molar-refractivity contribution in [3.05, 3.63) is 47.3 Å². The van der Waals surface area contributed by atoms with Crippen molar-refractivity contribution in [1.82, 2.24) is 10.2 Å². The van der Waals surface area contributed by atoms with Crippen LogP contribution in [0.25, 0.3) is 0 Å². The number of benzene rings is 1. The zero-order valence-corrected chi connectivity index (χ0v) is 11.1. The molecular formula is C14H18ClFN2. The number of piperazine rings is 1. The predicted octanol–water partition coefficient (Wildman–Crippen LogP) is 3.00. The van der Waals surface area contributed by atoms with Crippen LogP contribution >= 0.6 is 11.6 Å². The molecule has 1 aliphatic heterocycles. The van der Waals surface area contributed by atoms with E-state index in [1.807, 2.05) is 12.1 Å². The molecule has 1 fully saturated rings. The fourth-order valence-corrected chi connectivity index (χ4v) is 2.48. The summed E-state index contributed by atoms with van der Waals surface area (Å²) in [6, 6.07) is 5.27. The maximum absolute atomic E-state index is 13.6. The second-order valence-corrected chi connectivity index (χ2v) is 4.91. The number of halogens is 2. The molecule has 1 aromatic carbocycles. The molecule has 0 aromatic heterocycles. The summed E-state index contributed by atoms with van der Waals surface area (Å²) in [4.78, 5) is 2.36. The summed E-state index contributed by atoms with van der Waals surface area (Å²) in [7, 11) is 0. The smallest absolute Gasteiger partial charge is 0.142 e. The molecule has 0 bridgehead atoms. The number of nitrogens with zero attached hydrogens (tertiary/aromatic N) is 1. The Morgan fingerprint density at radius 3 is 2.78 bits per heavy atom. The molecule has 4 heteroatoms. The summed E-state index contributed by atoms with van der Waals surface area (Å²) in [5.41, 5.74) is 0.971. The SMILES string of the molecule is C=CC[C@@H](c1ccc(Cl)c(F)c1)N1CCNCC1. The van der Waals surface area contributed by atoms with E-state index in [-0.39, 0.29) is 16.9 Å². The normalized spacial score (nSPS) is 18.6. The molecule has 0 spiro atoms. The van der Waals surface area contributed by atoms with E-state index in [1.54, 1.807) is 12.1 Å². The fourth-order valence-electron chi connectivity index (χ4n) is 2.37. The summed E-state index contributed by atoms with van der Waals surface area (Å²) in [6.07, 6.45) is 2.71. The molecule has 1 saturated heterocycles. The van der Waals surface area contributed by atoms with Crippen LogP contribution in [0, 0.1) is 5.82 Å². The van der Waals surface area contributed by atoms with E-state index in [0.717, 1.165) is 38.2 Å². The molecule has 1 atom stereocenters. The van der Waals surface area contributed by atoms with Crippen LogP contribution in [0.1, 0.15) is 18.0 Å². The van der Waals surface area contributed by atoms with Crippen molar-refractivity contribution in [1.29, 1.82) is 0 Å². The maximum Gasteiger partial charge on any atom is 0.142 e. The van der Waals surface area contributed by atoms with Gasteiger partial charge >= 0.3 is 0 Å². The predicted molar refractivity (Wildman–Crippen MR) is 73.4 cm³/mol. The van der Waals surface area contributed by atoms with Crippen LogP contribution in [-0.2, 0) is 0 Å². The molecule has 2 rings (SSSR count). The molecule has 1 heterocycles. The lowest BCUT2D eigenvalue weighted by Crippen LogP contribution is -2.45.